The van der Waals surface area contributed by atoms with Gasteiger partial charge in [-0.1, -0.05) is 24.3 Å². The fraction of sp³-hybridized carbons (Fsp3) is 0.562. The van der Waals surface area contributed by atoms with Crippen molar-refractivity contribution in [1.29, 1.82) is 0 Å². The van der Waals surface area contributed by atoms with Crippen LogP contribution in [0.2, 0.25) is 0 Å². The highest BCUT2D eigenvalue weighted by Crippen LogP contribution is 2.19. The topological polar surface area (TPSA) is 41.6 Å². The molecule has 20 heavy (non-hydrogen) atoms. The Labute approximate surface area is 120 Å². The zero-order valence-electron chi connectivity index (χ0n) is 12.1. The third-order valence-corrected chi connectivity index (χ3v) is 4.11. The maximum absolute atomic E-state index is 12.7. The molecule has 1 amide bonds. The summed E-state index contributed by atoms with van der Waals surface area (Å²) in [5.41, 5.74) is 2.60. The predicted molar refractivity (Wildman–Crippen MR) is 77.4 cm³/mol. The molecule has 0 radical (unpaired) electrons. The lowest BCUT2D eigenvalue weighted by Crippen LogP contribution is -2.55. The van der Waals surface area contributed by atoms with E-state index in [1.165, 1.54) is 11.1 Å². The minimum atomic E-state index is -0.0950. The molecule has 2 aliphatic rings. The number of hydrogen-bond acceptors (Lipinski definition) is 3. The van der Waals surface area contributed by atoms with Gasteiger partial charge in [-0.25, -0.2) is 0 Å². The van der Waals surface area contributed by atoms with E-state index in [9.17, 15) is 4.79 Å². The van der Waals surface area contributed by atoms with Gasteiger partial charge in [0.15, 0.2) is 0 Å². The molecule has 108 valence electrons. The molecule has 0 unspecified atom stereocenters. The molecule has 3 rings (SSSR count). The summed E-state index contributed by atoms with van der Waals surface area (Å²) >= 11 is 0. The van der Waals surface area contributed by atoms with Gasteiger partial charge in [-0.15, -0.1) is 0 Å². The van der Waals surface area contributed by atoms with Crippen LogP contribution < -0.4 is 5.32 Å². The lowest BCUT2D eigenvalue weighted by atomic mass is 9.95. The molecule has 3 atom stereocenters. The molecule has 1 aromatic carbocycles. The van der Waals surface area contributed by atoms with Crippen LogP contribution >= 0.6 is 0 Å². The maximum atomic E-state index is 12.7. The highest BCUT2D eigenvalue weighted by atomic mass is 16.5. The predicted octanol–water partition coefficient (Wildman–Crippen LogP) is 1.34. The number of carbonyl (C=O) groups excluding carboxylic acids is 1. The first kappa shape index (κ1) is 13.6. The minimum Gasteiger partial charge on any atom is -0.372 e. The number of benzene rings is 1. The second kappa shape index (κ2) is 5.54. The highest BCUT2D eigenvalue weighted by Gasteiger charge is 2.32. The molecular weight excluding hydrogens is 252 g/mol. The number of ether oxygens (including phenoxy) is 1. The highest BCUT2D eigenvalue weighted by molar-refractivity contribution is 5.82. The molecular formula is C16H22N2O2. The molecule has 1 aromatic rings. The van der Waals surface area contributed by atoms with Gasteiger partial charge in [-0.05, 0) is 31.4 Å². The first-order chi connectivity index (χ1) is 9.63. The second-order valence-corrected chi connectivity index (χ2v) is 5.91. The first-order valence-electron chi connectivity index (χ1n) is 7.38. The van der Waals surface area contributed by atoms with Crippen molar-refractivity contribution in [3.8, 4) is 0 Å². The summed E-state index contributed by atoms with van der Waals surface area (Å²) in [7, 11) is 0. The zero-order chi connectivity index (χ0) is 14.1. The minimum absolute atomic E-state index is 0.0950. The Bertz CT molecular complexity index is 493. The molecule has 1 saturated heterocycles. The van der Waals surface area contributed by atoms with Crippen LogP contribution in [0.25, 0.3) is 0 Å². The van der Waals surface area contributed by atoms with E-state index in [2.05, 4.69) is 17.4 Å². The van der Waals surface area contributed by atoms with Crippen LogP contribution in [0.4, 0.5) is 0 Å². The van der Waals surface area contributed by atoms with Gasteiger partial charge in [-0.3, -0.25) is 4.79 Å². The number of amides is 1. The summed E-state index contributed by atoms with van der Waals surface area (Å²) in [6.07, 6.45) is 1.03. The average Bonchev–Trinajstić information content (AvgIpc) is 2.45. The van der Waals surface area contributed by atoms with E-state index in [-0.39, 0.29) is 24.2 Å². The molecule has 0 aliphatic carbocycles. The fourth-order valence-electron chi connectivity index (χ4n) is 3.21. The second-order valence-electron chi connectivity index (χ2n) is 5.91. The number of hydrogen-bond donors (Lipinski definition) is 1. The zero-order valence-corrected chi connectivity index (χ0v) is 12.1. The molecule has 2 aliphatic heterocycles. The van der Waals surface area contributed by atoms with Gasteiger partial charge in [0, 0.05) is 19.6 Å². The van der Waals surface area contributed by atoms with Crippen LogP contribution in [-0.4, -0.2) is 42.1 Å². The van der Waals surface area contributed by atoms with Crippen molar-refractivity contribution in [2.24, 2.45) is 0 Å². The maximum Gasteiger partial charge on any atom is 0.240 e. The molecule has 4 heteroatoms. The van der Waals surface area contributed by atoms with E-state index in [4.69, 9.17) is 4.74 Å². The van der Waals surface area contributed by atoms with Crippen LogP contribution in [0.15, 0.2) is 24.3 Å². The van der Waals surface area contributed by atoms with E-state index >= 15 is 0 Å². The van der Waals surface area contributed by atoms with Crippen LogP contribution in [0.1, 0.15) is 25.0 Å². The fourth-order valence-corrected chi connectivity index (χ4v) is 3.21. The number of morpholine rings is 1. The smallest absolute Gasteiger partial charge is 0.240 e. The Morgan fingerprint density at radius 1 is 1.20 bits per heavy atom. The van der Waals surface area contributed by atoms with Crippen LogP contribution in [-0.2, 0) is 22.5 Å². The standard InChI is InChI=1S/C16H22N2O2/c1-11-9-18(10-12(2)20-11)16(19)15-7-13-5-3-4-6-14(13)8-17-15/h3-6,11-12,15,17H,7-10H2,1-2H3/t11-,12-,15-/m1/s1. The van der Waals surface area contributed by atoms with Crippen molar-refractivity contribution < 1.29 is 9.53 Å². The summed E-state index contributed by atoms with van der Waals surface area (Å²) in [6.45, 7) is 6.23. The average molecular weight is 274 g/mol. The molecule has 2 heterocycles. The summed E-state index contributed by atoms with van der Waals surface area (Å²) in [5.74, 6) is 0.210. The van der Waals surface area contributed by atoms with Gasteiger partial charge in [0.1, 0.15) is 0 Å². The Morgan fingerprint density at radius 2 is 1.85 bits per heavy atom. The van der Waals surface area contributed by atoms with E-state index in [0.29, 0.717) is 13.1 Å². The number of rotatable bonds is 1. The van der Waals surface area contributed by atoms with Gasteiger partial charge < -0.3 is 15.0 Å². The molecule has 1 fully saturated rings. The summed E-state index contributed by atoms with van der Waals surface area (Å²) in [5, 5.41) is 3.37. The lowest BCUT2D eigenvalue weighted by Gasteiger charge is -2.38. The monoisotopic (exact) mass is 274 g/mol. The van der Waals surface area contributed by atoms with Gasteiger partial charge in [0.05, 0.1) is 18.2 Å². The molecule has 0 aromatic heterocycles. The molecule has 0 spiro atoms. The Hall–Kier alpha value is -1.39. The number of carbonyl (C=O) groups is 1. The van der Waals surface area contributed by atoms with Gasteiger partial charge in [-0.2, -0.15) is 0 Å². The number of nitrogens with zero attached hydrogens (tertiary/aromatic N) is 1. The quantitative estimate of drug-likeness (QED) is 0.840. The van der Waals surface area contributed by atoms with Crippen molar-refractivity contribution in [2.75, 3.05) is 13.1 Å². The van der Waals surface area contributed by atoms with E-state index in [1.54, 1.807) is 0 Å². The van der Waals surface area contributed by atoms with Crippen molar-refractivity contribution in [3.05, 3.63) is 35.4 Å². The van der Waals surface area contributed by atoms with E-state index in [0.717, 1.165) is 13.0 Å². The number of fused-ring (bicyclic) bond motifs is 1. The van der Waals surface area contributed by atoms with E-state index in [1.807, 2.05) is 30.9 Å². The van der Waals surface area contributed by atoms with Crippen molar-refractivity contribution in [2.45, 2.75) is 45.1 Å². The van der Waals surface area contributed by atoms with Crippen LogP contribution in [0.3, 0.4) is 0 Å². The molecule has 4 nitrogen and oxygen atoms in total. The lowest BCUT2D eigenvalue weighted by molar-refractivity contribution is -0.145. The van der Waals surface area contributed by atoms with E-state index < -0.39 is 0 Å². The third kappa shape index (κ3) is 2.72. The Kier molecular flexibility index (Phi) is 3.76. The SMILES string of the molecule is C[C@@H]1CN(C(=O)[C@H]2Cc3ccccc3CN2)C[C@@H](C)O1. The Balaban J connectivity index is 1.69. The largest absolute Gasteiger partial charge is 0.372 e. The van der Waals surface area contributed by atoms with Gasteiger partial charge in [0.25, 0.3) is 0 Å². The van der Waals surface area contributed by atoms with Gasteiger partial charge in [0.2, 0.25) is 5.91 Å². The number of nitrogens with one attached hydrogen (secondary N) is 1. The molecule has 1 N–H and O–H groups in total. The van der Waals surface area contributed by atoms with Crippen molar-refractivity contribution in [3.63, 3.8) is 0 Å². The van der Waals surface area contributed by atoms with Crippen molar-refractivity contribution in [1.82, 2.24) is 10.2 Å². The van der Waals surface area contributed by atoms with Crippen LogP contribution in [0, 0.1) is 0 Å². The van der Waals surface area contributed by atoms with Crippen LogP contribution in [0.5, 0.6) is 0 Å². The summed E-state index contributed by atoms with van der Waals surface area (Å²) in [6, 6.07) is 8.25. The van der Waals surface area contributed by atoms with Gasteiger partial charge >= 0.3 is 0 Å². The third-order valence-electron chi connectivity index (χ3n) is 4.11. The molecule has 0 bridgehead atoms. The summed E-state index contributed by atoms with van der Waals surface area (Å²) < 4.78 is 5.70. The summed E-state index contributed by atoms with van der Waals surface area (Å²) in [4.78, 5) is 14.6. The Morgan fingerprint density at radius 3 is 2.55 bits per heavy atom. The molecule has 0 saturated carbocycles. The normalized spacial score (nSPS) is 29.9. The van der Waals surface area contributed by atoms with Crippen molar-refractivity contribution >= 4 is 5.91 Å². The first-order valence-corrected chi connectivity index (χ1v) is 7.38.